The van der Waals surface area contributed by atoms with Gasteiger partial charge in [-0.15, -0.1) is 0 Å². The average molecular weight is 318 g/mol. The molecule has 98 valence electrons. The van der Waals surface area contributed by atoms with Crippen molar-refractivity contribution < 1.29 is 8.78 Å². The quantitative estimate of drug-likeness (QED) is 0.665. The lowest BCUT2D eigenvalue weighted by atomic mass is 9.93. The fraction of sp³-hybridized carbons (Fsp3) is 0.417. The molecule has 1 fully saturated rings. The summed E-state index contributed by atoms with van der Waals surface area (Å²) in [7, 11) is 0. The number of hydrogen-bond acceptors (Lipinski definition) is 1. The van der Waals surface area contributed by atoms with Crippen molar-refractivity contribution in [1.82, 2.24) is 5.32 Å². The summed E-state index contributed by atoms with van der Waals surface area (Å²) >= 11 is 3.02. The van der Waals surface area contributed by atoms with Crippen LogP contribution in [-0.2, 0) is 6.54 Å². The van der Waals surface area contributed by atoms with E-state index in [9.17, 15) is 8.78 Å². The number of hydrogen-bond donors (Lipinski definition) is 2. The van der Waals surface area contributed by atoms with Crippen LogP contribution in [0.25, 0.3) is 0 Å². The maximum atomic E-state index is 13.5. The Morgan fingerprint density at radius 3 is 2.50 bits per heavy atom. The van der Waals surface area contributed by atoms with Gasteiger partial charge in [-0.3, -0.25) is 0 Å². The second-order valence-corrected chi connectivity index (χ2v) is 5.24. The topological polar surface area (TPSA) is 50.4 Å². The predicted octanol–water partition coefficient (Wildman–Crippen LogP) is 2.68. The van der Waals surface area contributed by atoms with E-state index in [1.54, 1.807) is 0 Å². The third kappa shape index (κ3) is 3.19. The molecule has 1 saturated carbocycles. The van der Waals surface area contributed by atoms with Crippen molar-refractivity contribution in [3.05, 3.63) is 33.8 Å². The first kappa shape index (κ1) is 13.3. The Morgan fingerprint density at radius 2 is 2.00 bits per heavy atom. The van der Waals surface area contributed by atoms with Gasteiger partial charge in [0, 0.05) is 16.1 Å². The second kappa shape index (κ2) is 5.65. The van der Waals surface area contributed by atoms with Gasteiger partial charge >= 0.3 is 0 Å². The Morgan fingerprint density at radius 1 is 1.39 bits per heavy atom. The molecule has 0 amide bonds. The molecule has 0 saturated heterocycles. The largest absolute Gasteiger partial charge is 0.370 e. The van der Waals surface area contributed by atoms with Gasteiger partial charge in [0.1, 0.15) is 11.6 Å². The molecule has 0 spiro atoms. The van der Waals surface area contributed by atoms with Crippen LogP contribution < -0.4 is 11.1 Å². The number of guanidine groups is 1. The van der Waals surface area contributed by atoms with Crippen LogP contribution in [0.2, 0.25) is 0 Å². The monoisotopic (exact) mass is 317 g/mol. The average Bonchev–Trinajstić information content (AvgIpc) is 2.22. The Labute approximate surface area is 113 Å². The molecule has 0 bridgehead atoms. The van der Waals surface area contributed by atoms with Crippen LogP contribution >= 0.6 is 15.9 Å². The van der Waals surface area contributed by atoms with E-state index >= 15 is 0 Å². The van der Waals surface area contributed by atoms with Crippen molar-refractivity contribution in [2.75, 3.05) is 0 Å². The van der Waals surface area contributed by atoms with Crippen LogP contribution in [0.15, 0.2) is 21.6 Å². The third-order valence-electron chi connectivity index (χ3n) is 2.97. The lowest BCUT2D eigenvalue weighted by Gasteiger charge is -2.26. The van der Waals surface area contributed by atoms with Gasteiger partial charge in [-0.05, 0) is 31.4 Å². The zero-order valence-corrected chi connectivity index (χ0v) is 11.3. The summed E-state index contributed by atoms with van der Waals surface area (Å²) in [5, 5.41) is 3.01. The maximum Gasteiger partial charge on any atom is 0.189 e. The Kier molecular flexibility index (Phi) is 4.16. The second-order valence-electron chi connectivity index (χ2n) is 4.32. The molecule has 1 aliphatic carbocycles. The number of benzene rings is 1. The molecule has 1 aromatic rings. The number of halogens is 3. The van der Waals surface area contributed by atoms with Crippen molar-refractivity contribution >= 4 is 21.9 Å². The van der Waals surface area contributed by atoms with E-state index in [-0.39, 0.29) is 18.1 Å². The van der Waals surface area contributed by atoms with Crippen LogP contribution in [0.5, 0.6) is 0 Å². The van der Waals surface area contributed by atoms with E-state index in [0.29, 0.717) is 10.5 Å². The molecule has 6 heteroatoms. The predicted molar refractivity (Wildman–Crippen MR) is 70.2 cm³/mol. The summed E-state index contributed by atoms with van der Waals surface area (Å²) < 4.78 is 27.4. The van der Waals surface area contributed by atoms with Gasteiger partial charge in [0.2, 0.25) is 0 Å². The van der Waals surface area contributed by atoms with Gasteiger partial charge in [-0.2, -0.15) is 0 Å². The molecule has 0 atom stereocenters. The van der Waals surface area contributed by atoms with Crippen LogP contribution in [0.4, 0.5) is 8.78 Å². The van der Waals surface area contributed by atoms with Gasteiger partial charge in [0.15, 0.2) is 5.96 Å². The molecular weight excluding hydrogens is 304 g/mol. The van der Waals surface area contributed by atoms with E-state index in [4.69, 9.17) is 5.73 Å². The SMILES string of the molecule is NC(=NCc1c(F)cc(Br)cc1F)NC1CCC1. The van der Waals surface area contributed by atoms with Crippen molar-refractivity contribution in [3.63, 3.8) is 0 Å². The molecule has 1 aromatic carbocycles. The van der Waals surface area contributed by atoms with Crippen molar-refractivity contribution in [2.24, 2.45) is 10.7 Å². The van der Waals surface area contributed by atoms with E-state index in [0.717, 1.165) is 12.8 Å². The minimum atomic E-state index is -0.623. The van der Waals surface area contributed by atoms with E-state index in [1.165, 1.54) is 18.6 Å². The standard InChI is InChI=1S/C12H14BrF2N3/c13-7-4-10(14)9(11(15)5-7)6-17-12(16)18-8-2-1-3-8/h4-5,8H,1-3,6H2,(H3,16,17,18). The van der Waals surface area contributed by atoms with Gasteiger partial charge in [0.25, 0.3) is 0 Å². The number of nitrogens with one attached hydrogen (secondary N) is 1. The summed E-state index contributed by atoms with van der Waals surface area (Å²) in [6.07, 6.45) is 3.31. The molecule has 0 radical (unpaired) electrons. The molecule has 3 nitrogen and oxygen atoms in total. The molecule has 0 unspecified atom stereocenters. The highest BCUT2D eigenvalue weighted by atomic mass is 79.9. The Hall–Kier alpha value is -1.17. The van der Waals surface area contributed by atoms with Crippen molar-refractivity contribution in [3.8, 4) is 0 Å². The van der Waals surface area contributed by atoms with E-state index in [1.807, 2.05) is 0 Å². The van der Waals surface area contributed by atoms with Gasteiger partial charge in [0.05, 0.1) is 6.54 Å². The minimum Gasteiger partial charge on any atom is -0.370 e. The molecule has 0 aliphatic heterocycles. The third-order valence-corrected chi connectivity index (χ3v) is 3.43. The molecule has 2 rings (SSSR count). The van der Waals surface area contributed by atoms with Crippen molar-refractivity contribution in [2.45, 2.75) is 31.8 Å². The molecule has 18 heavy (non-hydrogen) atoms. The highest BCUT2D eigenvalue weighted by molar-refractivity contribution is 9.10. The zero-order chi connectivity index (χ0) is 13.1. The molecular formula is C12H14BrF2N3. The zero-order valence-electron chi connectivity index (χ0n) is 9.72. The number of nitrogens with zero attached hydrogens (tertiary/aromatic N) is 1. The maximum absolute atomic E-state index is 13.5. The summed E-state index contributed by atoms with van der Waals surface area (Å²) in [4.78, 5) is 3.96. The Balaban J connectivity index is 2.02. The van der Waals surface area contributed by atoms with Crippen LogP contribution in [-0.4, -0.2) is 12.0 Å². The molecule has 3 N–H and O–H groups in total. The summed E-state index contributed by atoms with van der Waals surface area (Å²) in [5.74, 6) is -1.01. The first-order valence-corrected chi connectivity index (χ1v) is 6.55. The van der Waals surface area contributed by atoms with E-state index < -0.39 is 11.6 Å². The van der Waals surface area contributed by atoms with Crippen LogP contribution in [0.1, 0.15) is 24.8 Å². The summed E-state index contributed by atoms with van der Waals surface area (Å²) in [6.45, 7) is -0.101. The highest BCUT2D eigenvalue weighted by Crippen LogP contribution is 2.20. The molecule has 0 heterocycles. The van der Waals surface area contributed by atoms with Crippen LogP contribution in [0.3, 0.4) is 0 Å². The smallest absolute Gasteiger partial charge is 0.189 e. The fourth-order valence-corrected chi connectivity index (χ4v) is 2.10. The molecule has 0 aromatic heterocycles. The van der Waals surface area contributed by atoms with Gasteiger partial charge in [-0.1, -0.05) is 15.9 Å². The highest BCUT2D eigenvalue weighted by Gasteiger charge is 2.17. The molecule has 1 aliphatic rings. The normalized spacial score (nSPS) is 16.5. The lowest BCUT2D eigenvalue weighted by Crippen LogP contribution is -2.43. The fourth-order valence-electron chi connectivity index (χ4n) is 1.69. The van der Waals surface area contributed by atoms with Gasteiger partial charge in [-0.25, -0.2) is 13.8 Å². The summed E-state index contributed by atoms with van der Waals surface area (Å²) in [5.41, 5.74) is 5.57. The lowest BCUT2D eigenvalue weighted by molar-refractivity contribution is 0.382. The van der Waals surface area contributed by atoms with Crippen LogP contribution in [0, 0.1) is 11.6 Å². The number of rotatable bonds is 3. The first-order valence-electron chi connectivity index (χ1n) is 5.76. The summed E-state index contributed by atoms with van der Waals surface area (Å²) in [6, 6.07) is 2.78. The van der Waals surface area contributed by atoms with Gasteiger partial charge < -0.3 is 11.1 Å². The Bertz CT molecular complexity index is 449. The minimum absolute atomic E-state index is 0.0726. The first-order chi connectivity index (χ1) is 8.56. The van der Waals surface area contributed by atoms with Crippen molar-refractivity contribution in [1.29, 1.82) is 0 Å². The van der Waals surface area contributed by atoms with E-state index in [2.05, 4.69) is 26.2 Å². The number of nitrogens with two attached hydrogens (primary N) is 1. The number of aliphatic imine (C=N–C) groups is 1.